The van der Waals surface area contributed by atoms with E-state index < -0.39 is 0 Å². The van der Waals surface area contributed by atoms with Crippen LogP contribution in [-0.4, -0.2) is 37.6 Å². The zero-order valence-corrected chi connectivity index (χ0v) is 15.8. The van der Waals surface area contributed by atoms with Gasteiger partial charge in [-0.05, 0) is 29.8 Å². The third-order valence-electron chi connectivity index (χ3n) is 4.29. The normalized spacial score (nSPS) is 12.2. The topological polar surface area (TPSA) is 91.6 Å². The number of nitrogen functional groups attached to an aromatic ring is 1. The molecule has 142 valence electrons. The molecule has 27 heavy (non-hydrogen) atoms. The molecule has 1 aliphatic heterocycles. The number of rotatable bonds is 4. The van der Waals surface area contributed by atoms with E-state index in [1.165, 1.54) is 0 Å². The van der Waals surface area contributed by atoms with Crippen LogP contribution in [0.2, 0.25) is 0 Å². The number of halogens is 1. The van der Waals surface area contributed by atoms with Gasteiger partial charge < -0.3 is 24.7 Å². The third-order valence-corrected chi connectivity index (χ3v) is 4.29. The molecular formula is C19H20ClN3O4. The fraction of sp³-hybridized carbons (Fsp3) is 0.211. The number of aromatic nitrogens is 2. The number of nitrogens with zero attached hydrogens (tertiary/aromatic N) is 1. The molecule has 2 aromatic carbocycles. The number of ether oxygens (including phenoxy) is 4. The average Bonchev–Trinajstić information content (AvgIpc) is 3.08. The molecule has 7 nitrogen and oxygen atoms in total. The van der Waals surface area contributed by atoms with E-state index in [2.05, 4.69) is 10.2 Å². The van der Waals surface area contributed by atoms with Gasteiger partial charge in [-0.25, -0.2) is 0 Å². The number of benzene rings is 2. The van der Waals surface area contributed by atoms with Gasteiger partial charge in [-0.15, -0.1) is 12.4 Å². The van der Waals surface area contributed by atoms with Crippen molar-refractivity contribution in [2.75, 3.05) is 33.2 Å². The first-order valence-corrected chi connectivity index (χ1v) is 8.17. The van der Waals surface area contributed by atoms with Crippen molar-refractivity contribution in [1.29, 1.82) is 0 Å². The van der Waals surface area contributed by atoms with Crippen LogP contribution in [0.1, 0.15) is 0 Å². The van der Waals surface area contributed by atoms with E-state index in [-0.39, 0.29) is 12.4 Å². The Bertz CT molecular complexity index is 924. The van der Waals surface area contributed by atoms with Gasteiger partial charge in [-0.1, -0.05) is 12.1 Å². The number of fused-ring (bicyclic) bond motifs is 1. The molecule has 0 spiro atoms. The first-order chi connectivity index (χ1) is 12.7. The summed E-state index contributed by atoms with van der Waals surface area (Å²) in [5, 5.41) is 7.21. The molecule has 0 bridgehead atoms. The highest BCUT2D eigenvalue weighted by atomic mass is 35.5. The van der Waals surface area contributed by atoms with Gasteiger partial charge in [0.2, 0.25) is 5.75 Å². The minimum absolute atomic E-state index is 0. The first kappa shape index (κ1) is 18.7. The molecule has 0 unspecified atom stereocenters. The molecular weight excluding hydrogens is 370 g/mol. The Morgan fingerprint density at radius 3 is 2.44 bits per heavy atom. The number of hydrogen-bond acceptors (Lipinski definition) is 6. The molecule has 0 amide bonds. The van der Waals surface area contributed by atoms with Gasteiger partial charge in [0.15, 0.2) is 17.3 Å². The summed E-state index contributed by atoms with van der Waals surface area (Å²) in [6, 6.07) is 11.4. The van der Waals surface area contributed by atoms with Crippen LogP contribution in [-0.2, 0) is 0 Å². The van der Waals surface area contributed by atoms with Crippen LogP contribution >= 0.6 is 12.4 Å². The highest BCUT2D eigenvalue weighted by molar-refractivity contribution is 5.89. The van der Waals surface area contributed by atoms with Crippen molar-refractivity contribution in [2.45, 2.75) is 0 Å². The zero-order chi connectivity index (χ0) is 18.1. The Kier molecular flexibility index (Phi) is 5.32. The molecule has 4 rings (SSSR count). The van der Waals surface area contributed by atoms with E-state index in [9.17, 15) is 0 Å². The predicted octanol–water partition coefficient (Wildman–Crippen LogP) is 3.54. The molecule has 0 aliphatic carbocycles. The Hall–Kier alpha value is -3.06. The van der Waals surface area contributed by atoms with Crippen molar-refractivity contribution >= 4 is 18.2 Å². The Morgan fingerprint density at radius 2 is 1.74 bits per heavy atom. The summed E-state index contributed by atoms with van der Waals surface area (Å²) in [4.78, 5) is 0. The number of nitrogens with two attached hydrogens (primary N) is 1. The number of H-pyrrole nitrogens is 1. The molecule has 0 saturated heterocycles. The molecule has 0 saturated carbocycles. The van der Waals surface area contributed by atoms with Gasteiger partial charge in [-0.2, -0.15) is 5.10 Å². The standard InChI is InChI=1S/C19H19N3O4.ClH/c1-23-13-5-3-11(4-6-13)16-17(21-22-19(16)20)12-9-14(24-2)18-15(10-12)25-7-8-26-18;/h3-6,9-10H,7-8H2,1-2H3,(H3,20,21,22);1H. The van der Waals surface area contributed by atoms with E-state index in [1.807, 2.05) is 36.4 Å². The molecule has 0 radical (unpaired) electrons. The molecule has 1 aromatic heterocycles. The summed E-state index contributed by atoms with van der Waals surface area (Å²) < 4.78 is 22.1. The van der Waals surface area contributed by atoms with Crippen LogP contribution in [0.25, 0.3) is 22.4 Å². The van der Waals surface area contributed by atoms with Crippen LogP contribution in [0, 0.1) is 0 Å². The minimum atomic E-state index is 0. The van der Waals surface area contributed by atoms with E-state index >= 15 is 0 Å². The van der Waals surface area contributed by atoms with Crippen LogP contribution in [0.3, 0.4) is 0 Å². The van der Waals surface area contributed by atoms with Crippen LogP contribution in [0.15, 0.2) is 36.4 Å². The van der Waals surface area contributed by atoms with Gasteiger partial charge in [0.1, 0.15) is 19.0 Å². The highest BCUT2D eigenvalue weighted by Crippen LogP contribution is 2.45. The Balaban J connectivity index is 0.00000210. The zero-order valence-electron chi connectivity index (χ0n) is 14.9. The van der Waals surface area contributed by atoms with Crippen molar-refractivity contribution in [3.05, 3.63) is 36.4 Å². The molecule has 0 atom stereocenters. The van der Waals surface area contributed by atoms with Crippen LogP contribution in [0.5, 0.6) is 23.0 Å². The summed E-state index contributed by atoms with van der Waals surface area (Å²) in [7, 11) is 3.23. The molecule has 2 heterocycles. The molecule has 8 heteroatoms. The Morgan fingerprint density at radius 1 is 1.00 bits per heavy atom. The number of hydrogen-bond donors (Lipinski definition) is 2. The van der Waals surface area contributed by atoms with Gasteiger partial charge in [0.25, 0.3) is 0 Å². The lowest BCUT2D eigenvalue weighted by Crippen LogP contribution is -2.16. The van der Waals surface area contributed by atoms with Gasteiger partial charge >= 0.3 is 0 Å². The second-order valence-corrected chi connectivity index (χ2v) is 5.79. The number of methoxy groups -OCH3 is 2. The van der Waals surface area contributed by atoms with Gasteiger partial charge in [0.05, 0.1) is 25.5 Å². The summed E-state index contributed by atoms with van der Waals surface area (Å²) in [6.45, 7) is 0.993. The van der Waals surface area contributed by atoms with E-state index in [1.54, 1.807) is 14.2 Å². The first-order valence-electron chi connectivity index (χ1n) is 8.17. The molecule has 3 aromatic rings. The number of anilines is 1. The van der Waals surface area contributed by atoms with Crippen LogP contribution < -0.4 is 24.7 Å². The number of aromatic amines is 1. The van der Waals surface area contributed by atoms with Crippen molar-refractivity contribution in [1.82, 2.24) is 10.2 Å². The minimum Gasteiger partial charge on any atom is -0.497 e. The van der Waals surface area contributed by atoms with Crippen molar-refractivity contribution in [3.63, 3.8) is 0 Å². The SMILES string of the molecule is COc1ccc(-c2c(N)n[nH]c2-c2cc(OC)c3c(c2)OCCO3)cc1.Cl. The average molecular weight is 390 g/mol. The van der Waals surface area contributed by atoms with Crippen molar-refractivity contribution < 1.29 is 18.9 Å². The van der Waals surface area contributed by atoms with Crippen LogP contribution in [0.4, 0.5) is 5.82 Å². The fourth-order valence-corrected chi connectivity index (χ4v) is 3.03. The lowest BCUT2D eigenvalue weighted by molar-refractivity contribution is 0.165. The third kappa shape index (κ3) is 3.33. The molecule has 0 fully saturated rings. The lowest BCUT2D eigenvalue weighted by Gasteiger charge is -2.21. The summed E-state index contributed by atoms with van der Waals surface area (Å²) in [5.41, 5.74) is 9.50. The molecule has 1 aliphatic rings. The maximum absolute atomic E-state index is 6.13. The quantitative estimate of drug-likeness (QED) is 0.709. The maximum Gasteiger partial charge on any atom is 0.203 e. The van der Waals surface area contributed by atoms with E-state index in [0.29, 0.717) is 36.3 Å². The maximum atomic E-state index is 6.13. The largest absolute Gasteiger partial charge is 0.497 e. The highest BCUT2D eigenvalue weighted by Gasteiger charge is 2.22. The van der Waals surface area contributed by atoms with Gasteiger partial charge in [0, 0.05) is 5.56 Å². The second kappa shape index (κ2) is 7.67. The molecule has 3 N–H and O–H groups in total. The number of nitrogens with one attached hydrogen (secondary N) is 1. The van der Waals surface area contributed by atoms with Crippen molar-refractivity contribution in [2.24, 2.45) is 0 Å². The fourth-order valence-electron chi connectivity index (χ4n) is 3.03. The van der Waals surface area contributed by atoms with Gasteiger partial charge in [-0.3, -0.25) is 5.10 Å². The van der Waals surface area contributed by atoms with E-state index in [0.717, 1.165) is 28.1 Å². The summed E-state index contributed by atoms with van der Waals surface area (Å²) in [6.07, 6.45) is 0. The van der Waals surface area contributed by atoms with E-state index in [4.69, 9.17) is 24.7 Å². The monoisotopic (exact) mass is 389 g/mol. The summed E-state index contributed by atoms with van der Waals surface area (Å²) >= 11 is 0. The second-order valence-electron chi connectivity index (χ2n) is 5.79. The summed E-state index contributed by atoms with van der Waals surface area (Å²) in [5.74, 6) is 3.05. The predicted molar refractivity (Wildman–Crippen MR) is 105 cm³/mol. The van der Waals surface area contributed by atoms with Crippen molar-refractivity contribution in [3.8, 4) is 45.4 Å². The lowest BCUT2D eigenvalue weighted by atomic mass is 10.00. The Labute approximate surface area is 162 Å². The smallest absolute Gasteiger partial charge is 0.203 e.